The quantitative estimate of drug-likeness (QED) is 0.648. The van der Waals surface area contributed by atoms with E-state index in [2.05, 4.69) is 20.6 Å². The van der Waals surface area contributed by atoms with Gasteiger partial charge in [0.25, 0.3) is 0 Å². The molecule has 0 aliphatic carbocycles. The average molecular weight is 287 g/mol. The molecule has 21 heavy (non-hydrogen) atoms. The van der Waals surface area contributed by atoms with E-state index in [-0.39, 0.29) is 23.4 Å². The van der Waals surface area contributed by atoms with Crippen LogP contribution in [0.2, 0.25) is 0 Å². The maximum absolute atomic E-state index is 11.2. The number of rotatable bonds is 5. The highest BCUT2D eigenvalue weighted by Gasteiger charge is 2.23. The number of nitrogens with zero attached hydrogens (tertiary/aromatic N) is 3. The van der Waals surface area contributed by atoms with Crippen molar-refractivity contribution in [2.45, 2.75) is 19.9 Å². The summed E-state index contributed by atoms with van der Waals surface area (Å²) < 4.78 is 0. The fourth-order valence-corrected chi connectivity index (χ4v) is 1.98. The van der Waals surface area contributed by atoms with Gasteiger partial charge in [0.2, 0.25) is 11.6 Å². The molecule has 1 aromatic heterocycles. The number of anilines is 2. The van der Waals surface area contributed by atoms with Crippen LogP contribution in [0.3, 0.4) is 0 Å². The Labute approximate surface area is 122 Å². The van der Waals surface area contributed by atoms with E-state index in [0.29, 0.717) is 0 Å². The molecule has 0 fully saturated rings. The summed E-state index contributed by atoms with van der Waals surface area (Å²) in [5.74, 6) is 0.390. The van der Waals surface area contributed by atoms with Crippen molar-refractivity contribution in [2.24, 2.45) is 0 Å². The predicted octanol–water partition coefficient (Wildman–Crippen LogP) is 2.91. The van der Waals surface area contributed by atoms with Crippen LogP contribution in [0.25, 0.3) is 0 Å². The molecule has 2 N–H and O–H groups in total. The smallest absolute Gasteiger partial charge is 0.353 e. The summed E-state index contributed by atoms with van der Waals surface area (Å²) in [6.07, 6.45) is 1.29. The molecule has 1 aromatic carbocycles. The van der Waals surface area contributed by atoms with E-state index in [0.717, 1.165) is 11.1 Å². The van der Waals surface area contributed by atoms with Crippen LogP contribution in [0, 0.1) is 17.0 Å². The van der Waals surface area contributed by atoms with Gasteiger partial charge in [-0.1, -0.05) is 29.8 Å². The number of nitrogens with one attached hydrogen (secondary N) is 2. The Hall–Kier alpha value is -2.70. The zero-order valence-electron chi connectivity index (χ0n) is 12.1. The lowest BCUT2D eigenvalue weighted by molar-refractivity contribution is -0.383. The summed E-state index contributed by atoms with van der Waals surface area (Å²) in [6, 6.07) is 7.86. The van der Waals surface area contributed by atoms with Gasteiger partial charge >= 0.3 is 5.69 Å². The Kier molecular flexibility index (Phi) is 4.32. The number of hydrogen-bond donors (Lipinski definition) is 2. The molecule has 0 saturated carbocycles. The number of aryl methyl sites for hydroxylation is 1. The minimum absolute atomic E-state index is 0.107. The first kappa shape index (κ1) is 14.7. The Bertz CT molecular complexity index is 642. The minimum Gasteiger partial charge on any atom is -0.367 e. The average Bonchev–Trinajstić information content (AvgIpc) is 2.47. The van der Waals surface area contributed by atoms with Gasteiger partial charge in [-0.15, -0.1) is 0 Å². The van der Waals surface area contributed by atoms with E-state index >= 15 is 0 Å². The lowest BCUT2D eigenvalue weighted by atomic mass is 10.1. The molecule has 1 atom stereocenters. The molecule has 0 radical (unpaired) electrons. The van der Waals surface area contributed by atoms with Gasteiger partial charge < -0.3 is 10.6 Å². The number of nitro groups is 1. The lowest BCUT2D eigenvalue weighted by Gasteiger charge is -2.15. The molecule has 2 aromatic rings. The first-order valence-corrected chi connectivity index (χ1v) is 6.53. The summed E-state index contributed by atoms with van der Waals surface area (Å²) in [4.78, 5) is 18.6. The highest BCUT2D eigenvalue weighted by Crippen LogP contribution is 2.31. The van der Waals surface area contributed by atoms with E-state index in [1.807, 2.05) is 38.1 Å². The monoisotopic (exact) mass is 287 g/mol. The summed E-state index contributed by atoms with van der Waals surface area (Å²) in [7, 11) is 1.59. The van der Waals surface area contributed by atoms with Crippen LogP contribution >= 0.6 is 0 Å². The Morgan fingerprint density at radius 1 is 1.19 bits per heavy atom. The maximum atomic E-state index is 11.2. The molecule has 0 bridgehead atoms. The van der Waals surface area contributed by atoms with Crippen molar-refractivity contribution < 1.29 is 4.92 Å². The minimum atomic E-state index is -0.490. The van der Waals surface area contributed by atoms with Gasteiger partial charge in [-0.05, 0) is 19.4 Å². The molecule has 110 valence electrons. The molecule has 0 amide bonds. The zero-order chi connectivity index (χ0) is 15.4. The Balaban J connectivity index is 2.30. The molecular formula is C14H17N5O2. The van der Waals surface area contributed by atoms with Crippen molar-refractivity contribution in [1.29, 1.82) is 0 Å². The first-order chi connectivity index (χ1) is 10.0. The lowest BCUT2D eigenvalue weighted by Crippen LogP contribution is -2.11. The van der Waals surface area contributed by atoms with Gasteiger partial charge in [0.1, 0.15) is 6.33 Å². The van der Waals surface area contributed by atoms with E-state index in [9.17, 15) is 10.1 Å². The van der Waals surface area contributed by atoms with Crippen molar-refractivity contribution in [3.8, 4) is 0 Å². The number of aromatic nitrogens is 2. The van der Waals surface area contributed by atoms with Crippen LogP contribution in [-0.2, 0) is 0 Å². The highest BCUT2D eigenvalue weighted by atomic mass is 16.6. The van der Waals surface area contributed by atoms with Crippen molar-refractivity contribution in [1.82, 2.24) is 9.97 Å². The molecule has 1 unspecified atom stereocenters. The Morgan fingerprint density at radius 2 is 1.81 bits per heavy atom. The van der Waals surface area contributed by atoms with Crippen LogP contribution in [-0.4, -0.2) is 21.9 Å². The van der Waals surface area contributed by atoms with E-state index in [1.54, 1.807) is 7.05 Å². The fraction of sp³-hybridized carbons (Fsp3) is 0.286. The SMILES string of the molecule is CNc1ncnc(NC(C)c2ccc(C)cc2)c1[N+](=O)[O-]. The molecule has 0 saturated heterocycles. The normalized spacial score (nSPS) is 11.8. The third-order valence-corrected chi connectivity index (χ3v) is 3.17. The van der Waals surface area contributed by atoms with Crippen LogP contribution < -0.4 is 10.6 Å². The van der Waals surface area contributed by atoms with Crippen LogP contribution in [0.5, 0.6) is 0 Å². The zero-order valence-corrected chi connectivity index (χ0v) is 12.1. The van der Waals surface area contributed by atoms with Gasteiger partial charge in [0, 0.05) is 7.05 Å². The predicted molar refractivity (Wildman–Crippen MR) is 81.4 cm³/mol. The van der Waals surface area contributed by atoms with Crippen molar-refractivity contribution in [3.63, 3.8) is 0 Å². The molecule has 2 rings (SSSR count). The highest BCUT2D eigenvalue weighted by molar-refractivity contribution is 5.69. The fourth-order valence-electron chi connectivity index (χ4n) is 1.98. The summed E-state index contributed by atoms with van der Waals surface area (Å²) in [6.45, 7) is 3.94. The molecular weight excluding hydrogens is 270 g/mol. The summed E-state index contributed by atoms with van der Waals surface area (Å²) in [5, 5.41) is 17.0. The van der Waals surface area contributed by atoms with Crippen LogP contribution in [0.15, 0.2) is 30.6 Å². The van der Waals surface area contributed by atoms with E-state index in [1.165, 1.54) is 6.33 Å². The second-order valence-electron chi connectivity index (χ2n) is 4.70. The molecule has 7 nitrogen and oxygen atoms in total. The number of hydrogen-bond acceptors (Lipinski definition) is 6. The third kappa shape index (κ3) is 3.25. The van der Waals surface area contributed by atoms with Gasteiger partial charge in [0.05, 0.1) is 11.0 Å². The Morgan fingerprint density at radius 3 is 2.38 bits per heavy atom. The first-order valence-electron chi connectivity index (χ1n) is 6.53. The molecule has 1 heterocycles. The standard InChI is InChI=1S/C14H17N5O2/c1-9-4-6-11(7-5-9)10(2)18-14-12(19(20)21)13(15-3)16-8-17-14/h4-8,10H,1-3H3,(H2,15,16,17,18). The molecule has 0 aliphatic rings. The van der Waals surface area contributed by atoms with Gasteiger partial charge in [-0.25, -0.2) is 9.97 Å². The second-order valence-corrected chi connectivity index (χ2v) is 4.70. The molecule has 0 aliphatic heterocycles. The van der Waals surface area contributed by atoms with Crippen LogP contribution in [0.4, 0.5) is 17.3 Å². The van der Waals surface area contributed by atoms with Crippen molar-refractivity contribution >= 4 is 17.3 Å². The van der Waals surface area contributed by atoms with Gasteiger partial charge in [-0.3, -0.25) is 10.1 Å². The molecule has 7 heteroatoms. The second kappa shape index (κ2) is 6.17. The topological polar surface area (TPSA) is 93.0 Å². The van der Waals surface area contributed by atoms with E-state index < -0.39 is 4.92 Å². The van der Waals surface area contributed by atoms with Crippen LogP contribution in [0.1, 0.15) is 24.1 Å². The summed E-state index contributed by atoms with van der Waals surface area (Å²) in [5.41, 5.74) is 2.04. The van der Waals surface area contributed by atoms with E-state index in [4.69, 9.17) is 0 Å². The maximum Gasteiger partial charge on any atom is 0.353 e. The number of benzene rings is 1. The van der Waals surface area contributed by atoms with Crippen molar-refractivity contribution in [2.75, 3.05) is 17.7 Å². The largest absolute Gasteiger partial charge is 0.367 e. The van der Waals surface area contributed by atoms with Crippen molar-refractivity contribution in [3.05, 3.63) is 51.8 Å². The van der Waals surface area contributed by atoms with Gasteiger partial charge in [0.15, 0.2) is 0 Å². The summed E-state index contributed by atoms with van der Waals surface area (Å²) >= 11 is 0. The van der Waals surface area contributed by atoms with Gasteiger partial charge in [-0.2, -0.15) is 0 Å². The molecule has 0 spiro atoms. The third-order valence-electron chi connectivity index (χ3n) is 3.17.